The molecule has 2 aromatic carbocycles. The molecule has 6 rings (SSSR count). The molecule has 9 heteroatoms. The maximum Gasteiger partial charge on any atom is 0.261 e. The first kappa shape index (κ1) is 25.7. The number of likely N-dealkylation sites (N-methyl/N-ethyl adjacent to an activating group) is 1. The fourth-order valence-corrected chi connectivity index (χ4v) is 5.82. The third-order valence-electron chi connectivity index (χ3n) is 8.18. The molecular weight excluding hydrogens is 495 g/mol. The van der Waals surface area contributed by atoms with Gasteiger partial charge in [0.05, 0.1) is 16.6 Å². The van der Waals surface area contributed by atoms with Crippen LogP contribution in [0.25, 0.3) is 22.6 Å². The lowest BCUT2D eigenvalue weighted by Gasteiger charge is -2.34. The smallest absolute Gasteiger partial charge is 0.261 e. The number of benzene rings is 2. The van der Waals surface area contributed by atoms with Gasteiger partial charge in [-0.05, 0) is 80.9 Å². The van der Waals surface area contributed by atoms with Crippen LogP contribution < -0.4 is 15.8 Å². The first-order chi connectivity index (χ1) is 19.0. The third-order valence-corrected chi connectivity index (χ3v) is 8.18. The first-order valence-corrected chi connectivity index (χ1v) is 14.0. The zero-order valence-corrected chi connectivity index (χ0v) is 22.5. The van der Waals surface area contributed by atoms with Crippen molar-refractivity contribution in [3.63, 3.8) is 0 Å². The molecule has 1 amide bonds. The van der Waals surface area contributed by atoms with Gasteiger partial charge in [-0.2, -0.15) is 0 Å². The molecule has 0 radical (unpaired) electrons. The highest BCUT2D eigenvalue weighted by molar-refractivity contribution is 5.94. The molecule has 0 saturated carbocycles. The Morgan fingerprint density at radius 2 is 1.77 bits per heavy atom. The Balaban J connectivity index is 1.21. The molecule has 3 aromatic rings. The quantitative estimate of drug-likeness (QED) is 0.528. The summed E-state index contributed by atoms with van der Waals surface area (Å²) >= 11 is 0. The van der Waals surface area contributed by atoms with Crippen molar-refractivity contribution in [2.45, 2.75) is 25.8 Å². The first-order valence-electron chi connectivity index (χ1n) is 14.0. The van der Waals surface area contributed by atoms with Crippen LogP contribution in [0.1, 0.15) is 41.0 Å². The van der Waals surface area contributed by atoms with Gasteiger partial charge in [-0.1, -0.05) is 12.1 Å². The van der Waals surface area contributed by atoms with Crippen LogP contribution in [0.3, 0.4) is 0 Å². The number of halogens is 1. The molecule has 3 aliphatic rings. The van der Waals surface area contributed by atoms with Gasteiger partial charge in [0.15, 0.2) is 0 Å². The van der Waals surface area contributed by atoms with E-state index < -0.39 is 0 Å². The van der Waals surface area contributed by atoms with E-state index in [-0.39, 0.29) is 17.3 Å². The summed E-state index contributed by atoms with van der Waals surface area (Å²) in [6.45, 7) is 7.49. The number of amides is 1. The predicted octanol–water partition coefficient (Wildman–Crippen LogP) is 3.06. The van der Waals surface area contributed by atoms with Crippen molar-refractivity contribution >= 4 is 34.1 Å². The average molecular weight is 531 g/mol. The van der Waals surface area contributed by atoms with E-state index in [4.69, 9.17) is 4.98 Å². The number of hydrogen-bond acceptors (Lipinski definition) is 6. The van der Waals surface area contributed by atoms with Crippen LogP contribution >= 0.6 is 0 Å². The lowest BCUT2D eigenvalue weighted by atomic mass is 10.1. The maximum absolute atomic E-state index is 15.1. The molecule has 204 valence electrons. The zero-order valence-electron chi connectivity index (χ0n) is 22.5. The molecule has 4 heterocycles. The second-order valence-electron chi connectivity index (χ2n) is 10.8. The standard InChI is InChI=1S/C30H35FN6O2/c1-34-14-16-36(17-15-34)27-20-26-24(19-25(27)31)30(39)37-12-8-23(28(37)33-26)18-21-4-6-22(7-5-21)29(38)32-9-13-35-10-2-3-11-35/h4-7,18-20H,2-3,8-17H2,1H3,(H,32,38)/b23-18+. The van der Waals surface area contributed by atoms with Gasteiger partial charge >= 0.3 is 0 Å². The molecule has 0 aliphatic carbocycles. The minimum Gasteiger partial charge on any atom is -0.367 e. The third kappa shape index (κ3) is 5.33. The number of piperazine rings is 1. The lowest BCUT2D eigenvalue weighted by Crippen LogP contribution is -2.44. The highest BCUT2D eigenvalue weighted by atomic mass is 19.1. The summed E-state index contributed by atoms with van der Waals surface area (Å²) in [5, 5.41) is 3.33. The Hall–Kier alpha value is -3.56. The molecule has 2 saturated heterocycles. The number of carbonyl (C=O) groups excluding carboxylic acids is 1. The molecule has 39 heavy (non-hydrogen) atoms. The number of carbonyl (C=O) groups is 1. The van der Waals surface area contributed by atoms with Gasteiger partial charge in [0.2, 0.25) is 0 Å². The van der Waals surface area contributed by atoms with Gasteiger partial charge in [0.1, 0.15) is 11.6 Å². The fraction of sp³-hybridized carbons (Fsp3) is 0.433. The van der Waals surface area contributed by atoms with E-state index in [0.717, 1.165) is 56.9 Å². The summed E-state index contributed by atoms with van der Waals surface area (Å²) < 4.78 is 16.7. The summed E-state index contributed by atoms with van der Waals surface area (Å²) in [5.41, 5.74) is 3.36. The molecule has 2 fully saturated rings. The molecule has 0 atom stereocenters. The highest BCUT2D eigenvalue weighted by Gasteiger charge is 2.24. The van der Waals surface area contributed by atoms with Gasteiger partial charge in [-0.3, -0.25) is 14.2 Å². The number of likely N-dealkylation sites (tertiary alicyclic amines) is 1. The molecular formula is C30H35FN6O2. The van der Waals surface area contributed by atoms with Crippen molar-refractivity contribution in [1.29, 1.82) is 0 Å². The highest BCUT2D eigenvalue weighted by Crippen LogP contribution is 2.30. The van der Waals surface area contributed by atoms with Crippen LogP contribution in [0.2, 0.25) is 0 Å². The summed E-state index contributed by atoms with van der Waals surface area (Å²) in [4.78, 5) is 37.3. The second-order valence-corrected chi connectivity index (χ2v) is 10.8. The lowest BCUT2D eigenvalue weighted by molar-refractivity contribution is 0.0949. The van der Waals surface area contributed by atoms with E-state index in [0.29, 0.717) is 47.5 Å². The van der Waals surface area contributed by atoms with E-state index in [9.17, 15) is 9.59 Å². The summed E-state index contributed by atoms with van der Waals surface area (Å²) in [5.74, 6) is 0.190. The molecule has 0 bridgehead atoms. The zero-order chi connectivity index (χ0) is 26.9. The van der Waals surface area contributed by atoms with E-state index in [1.807, 2.05) is 35.2 Å². The molecule has 0 unspecified atom stereocenters. The number of hydrogen-bond donors (Lipinski definition) is 1. The summed E-state index contributed by atoms with van der Waals surface area (Å²) in [6, 6.07) is 10.6. The van der Waals surface area contributed by atoms with Gasteiger partial charge in [0, 0.05) is 51.4 Å². The van der Waals surface area contributed by atoms with Crippen LogP contribution in [-0.2, 0) is 6.54 Å². The SMILES string of the molecule is CN1CCN(c2cc3nc4n(c(=O)c3cc2F)CC/C4=C\c2ccc(C(=O)NCCN3CCCC3)cc2)CC1. The Morgan fingerprint density at radius 1 is 1.03 bits per heavy atom. The van der Waals surface area contributed by atoms with Crippen molar-refractivity contribution in [3.8, 4) is 0 Å². The monoisotopic (exact) mass is 530 g/mol. The Kier molecular flexibility index (Phi) is 7.18. The minimum absolute atomic E-state index is 0.0670. The van der Waals surface area contributed by atoms with Crippen LogP contribution in [0.5, 0.6) is 0 Å². The topological polar surface area (TPSA) is 73.7 Å². The van der Waals surface area contributed by atoms with Crippen molar-refractivity contribution in [1.82, 2.24) is 24.7 Å². The van der Waals surface area contributed by atoms with Gasteiger partial charge in [-0.25, -0.2) is 9.37 Å². The minimum atomic E-state index is -0.375. The molecule has 8 nitrogen and oxygen atoms in total. The number of allylic oxidation sites excluding steroid dienone is 1. The van der Waals surface area contributed by atoms with Crippen LogP contribution in [0.15, 0.2) is 41.2 Å². The molecule has 3 aliphatic heterocycles. The maximum atomic E-state index is 15.1. The number of rotatable bonds is 6. The van der Waals surface area contributed by atoms with Crippen LogP contribution in [-0.4, -0.2) is 84.7 Å². The van der Waals surface area contributed by atoms with Crippen molar-refractivity contribution < 1.29 is 9.18 Å². The molecule has 0 spiro atoms. The number of nitrogens with one attached hydrogen (secondary N) is 1. The van der Waals surface area contributed by atoms with Crippen LogP contribution in [0.4, 0.5) is 10.1 Å². The Bertz CT molecular complexity index is 1470. The van der Waals surface area contributed by atoms with E-state index >= 15 is 4.39 Å². The van der Waals surface area contributed by atoms with Crippen LogP contribution in [0, 0.1) is 5.82 Å². The number of aromatic nitrogens is 2. The van der Waals surface area contributed by atoms with Crippen molar-refractivity contribution in [2.75, 3.05) is 64.3 Å². The Morgan fingerprint density at radius 3 is 2.51 bits per heavy atom. The predicted molar refractivity (Wildman–Crippen MR) is 153 cm³/mol. The van der Waals surface area contributed by atoms with E-state index in [1.54, 1.807) is 10.6 Å². The van der Waals surface area contributed by atoms with E-state index in [2.05, 4.69) is 22.2 Å². The van der Waals surface area contributed by atoms with E-state index in [1.165, 1.54) is 18.9 Å². The largest absolute Gasteiger partial charge is 0.367 e. The number of nitrogens with zero attached hydrogens (tertiary/aromatic N) is 5. The average Bonchev–Trinajstić information content (AvgIpc) is 3.60. The fourth-order valence-electron chi connectivity index (χ4n) is 5.82. The van der Waals surface area contributed by atoms with Crippen molar-refractivity contribution in [2.24, 2.45) is 0 Å². The molecule has 1 aromatic heterocycles. The normalized spacial score (nSPS) is 19.2. The van der Waals surface area contributed by atoms with Crippen molar-refractivity contribution in [3.05, 3.63) is 69.5 Å². The summed E-state index contributed by atoms with van der Waals surface area (Å²) in [6.07, 6.45) is 5.18. The van der Waals surface area contributed by atoms with Gasteiger partial charge in [0.25, 0.3) is 11.5 Å². The number of fused-ring (bicyclic) bond motifs is 2. The Labute approximate surface area is 227 Å². The van der Waals surface area contributed by atoms with Gasteiger partial charge < -0.3 is 20.0 Å². The van der Waals surface area contributed by atoms with Gasteiger partial charge in [-0.15, -0.1) is 0 Å². The number of anilines is 1. The molecule has 1 N–H and O–H groups in total. The summed E-state index contributed by atoms with van der Waals surface area (Å²) in [7, 11) is 2.06. The second kappa shape index (κ2) is 10.9.